The summed E-state index contributed by atoms with van der Waals surface area (Å²) in [6, 6.07) is 0. The zero-order valence-electron chi connectivity index (χ0n) is 12.5. The molecule has 0 spiro atoms. The summed E-state index contributed by atoms with van der Waals surface area (Å²) in [7, 11) is 0. The molecule has 20 heavy (non-hydrogen) atoms. The highest BCUT2D eigenvalue weighted by molar-refractivity contribution is 7.80. The fourth-order valence-electron chi connectivity index (χ4n) is 3.18. The number of amides is 1. The Morgan fingerprint density at radius 1 is 1.30 bits per heavy atom. The Morgan fingerprint density at radius 3 is 2.65 bits per heavy atom. The number of carbonyl (C=O) groups is 1. The second kappa shape index (κ2) is 6.81. The van der Waals surface area contributed by atoms with E-state index in [4.69, 9.17) is 17.0 Å². The van der Waals surface area contributed by atoms with Crippen LogP contribution in [0.5, 0.6) is 0 Å². The quantitative estimate of drug-likeness (QED) is 0.573. The van der Waals surface area contributed by atoms with Gasteiger partial charge in [0.1, 0.15) is 0 Å². The molecule has 3 nitrogen and oxygen atoms in total. The third-order valence-electron chi connectivity index (χ3n) is 4.62. The van der Waals surface area contributed by atoms with E-state index in [1.54, 1.807) is 4.90 Å². The average molecular weight is 295 g/mol. The predicted octanol–water partition coefficient (Wildman–Crippen LogP) is 3.62. The van der Waals surface area contributed by atoms with Crippen LogP contribution in [0, 0.1) is 0 Å². The van der Waals surface area contributed by atoms with Gasteiger partial charge in [0.2, 0.25) is 0 Å². The van der Waals surface area contributed by atoms with Crippen molar-refractivity contribution in [3.63, 3.8) is 0 Å². The van der Waals surface area contributed by atoms with E-state index in [0.29, 0.717) is 25.1 Å². The summed E-state index contributed by atoms with van der Waals surface area (Å²) < 4.78 is 6.17. The van der Waals surface area contributed by atoms with Crippen molar-refractivity contribution in [3.8, 4) is 0 Å². The lowest BCUT2D eigenvalue weighted by Gasteiger charge is -2.37. The fraction of sp³-hybridized carbons (Fsp3) is 0.750. The lowest BCUT2D eigenvalue weighted by molar-refractivity contribution is -0.126. The van der Waals surface area contributed by atoms with Crippen molar-refractivity contribution in [2.75, 3.05) is 13.2 Å². The predicted molar refractivity (Wildman–Crippen MR) is 84.7 cm³/mol. The Hall–Kier alpha value is -0.740. The highest BCUT2D eigenvalue weighted by atomic mass is 32.1. The molecule has 0 N–H and O–H groups in total. The standard InChI is InChI=1S/C16H25NO2S/c1-3-16(9-5-4-6-10-16)19-12-11-17-14(20)8-7-13(2)15(17)18/h2-12H2,1H3. The van der Waals surface area contributed by atoms with Crippen molar-refractivity contribution in [3.05, 3.63) is 12.2 Å². The first-order valence-corrected chi connectivity index (χ1v) is 8.15. The topological polar surface area (TPSA) is 29.5 Å². The number of rotatable bonds is 5. The molecule has 2 aliphatic rings. The second-order valence-corrected chi connectivity index (χ2v) is 6.37. The number of nitrogens with zero attached hydrogens (tertiary/aromatic N) is 1. The molecule has 1 aliphatic heterocycles. The molecule has 112 valence electrons. The van der Waals surface area contributed by atoms with E-state index in [1.807, 2.05) is 0 Å². The van der Waals surface area contributed by atoms with Gasteiger partial charge in [0, 0.05) is 12.0 Å². The molecule has 1 heterocycles. The molecule has 0 radical (unpaired) electrons. The van der Waals surface area contributed by atoms with Gasteiger partial charge in [0.05, 0.1) is 23.7 Å². The fourth-order valence-corrected chi connectivity index (χ4v) is 3.46. The van der Waals surface area contributed by atoms with E-state index in [-0.39, 0.29) is 11.5 Å². The Kier molecular flexibility index (Phi) is 5.33. The number of hydrogen-bond acceptors (Lipinski definition) is 3. The number of carbonyl (C=O) groups excluding carboxylic acids is 1. The van der Waals surface area contributed by atoms with E-state index in [9.17, 15) is 4.79 Å². The first kappa shape index (κ1) is 15.6. The highest BCUT2D eigenvalue weighted by Gasteiger charge is 2.32. The lowest BCUT2D eigenvalue weighted by atomic mass is 9.83. The summed E-state index contributed by atoms with van der Waals surface area (Å²) >= 11 is 5.29. The number of ether oxygens (including phenoxy) is 1. The van der Waals surface area contributed by atoms with Gasteiger partial charge in [-0.1, -0.05) is 45.0 Å². The zero-order valence-corrected chi connectivity index (χ0v) is 13.3. The van der Waals surface area contributed by atoms with Crippen molar-refractivity contribution in [1.29, 1.82) is 0 Å². The van der Waals surface area contributed by atoms with Crippen molar-refractivity contribution in [2.45, 2.75) is 63.9 Å². The molecular weight excluding hydrogens is 270 g/mol. The first-order chi connectivity index (χ1) is 9.58. The number of piperidine rings is 1. The maximum Gasteiger partial charge on any atom is 0.254 e. The Bertz CT molecular complexity index is 399. The molecule has 1 aliphatic carbocycles. The van der Waals surface area contributed by atoms with Crippen LogP contribution in [0.1, 0.15) is 58.3 Å². The Morgan fingerprint density at radius 2 is 2.00 bits per heavy atom. The molecule has 1 saturated heterocycles. The van der Waals surface area contributed by atoms with E-state index in [0.717, 1.165) is 30.7 Å². The molecule has 4 heteroatoms. The highest BCUT2D eigenvalue weighted by Crippen LogP contribution is 2.34. The van der Waals surface area contributed by atoms with E-state index < -0.39 is 0 Å². The van der Waals surface area contributed by atoms with Crippen LogP contribution in [-0.4, -0.2) is 34.5 Å². The van der Waals surface area contributed by atoms with Gasteiger partial charge in [-0.05, 0) is 25.7 Å². The molecule has 0 bridgehead atoms. The monoisotopic (exact) mass is 295 g/mol. The Balaban J connectivity index is 1.86. The minimum absolute atomic E-state index is 0.0148. The van der Waals surface area contributed by atoms with E-state index in [1.165, 1.54) is 19.3 Å². The van der Waals surface area contributed by atoms with Gasteiger partial charge in [-0.25, -0.2) is 0 Å². The summed E-state index contributed by atoms with van der Waals surface area (Å²) in [4.78, 5) is 14.5. The van der Waals surface area contributed by atoms with Crippen molar-refractivity contribution in [2.24, 2.45) is 0 Å². The molecule has 2 rings (SSSR count). The summed E-state index contributed by atoms with van der Waals surface area (Å²) in [5, 5.41) is 0. The van der Waals surface area contributed by atoms with Gasteiger partial charge in [-0.2, -0.15) is 0 Å². The van der Waals surface area contributed by atoms with Crippen molar-refractivity contribution < 1.29 is 9.53 Å². The van der Waals surface area contributed by atoms with E-state index in [2.05, 4.69) is 13.5 Å². The van der Waals surface area contributed by atoms with Gasteiger partial charge in [0.15, 0.2) is 0 Å². The molecule has 0 aromatic heterocycles. The molecule has 0 aromatic carbocycles. The van der Waals surface area contributed by atoms with Crippen LogP contribution in [0.15, 0.2) is 12.2 Å². The molecule has 0 aromatic rings. The third-order valence-corrected chi connectivity index (χ3v) is 5.05. The maximum absolute atomic E-state index is 12.1. The normalized spacial score (nSPS) is 23.2. The van der Waals surface area contributed by atoms with Crippen LogP contribution in [-0.2, 0) is 9.53 Å². The second-order valence-electron chi connectivity index (χ2n) is 5.90. The lowest BCUT2D eigenvalue weighted by Crippen LogP contribution is -2.44. The molecule has 1 amide bonds. The molecule has 0 atom stereocenters. The van der Waals surface area contributed by atoms with Crippen LogP contribution in [0.2, 0.25) is 0 Å². The third kappa shape index (κ3) is 3.47. The smallest absolute Gasteiger partial charge is 0.254 e. The average Bonchev–Trinajstić information content (AvgIpc) is 2.48. The van der Waals surface area contributed by atoms with Gasteiger partial charge in [-0.15, -0.1) is 0 Å². The SMILES string of the molecule is C=C1CCC(=S)N(CCOC2(CC)CCCCC2)C1=O. The minimum atomic E-state index is -0.0148. The minimum Gasteiger partial charge on any atom is -0.373 e. The van der Waals surface area contributed by atoms with Crippen molar-refractivity contribution in [1.82, 2.24) is 4.90 Å². The van der Waals surface area contributed by atoms with Gasteiger partial charge in [-0.3, -0.25) is 4.79 Å². The van der Waals surface area contributed by atoms with Gasteiger partial charge >= 0.3 is 0 Å². The number of thiocarbonyl (C=S) groups is 1. The van der Waals surface area contributed by atoms with Crippen LogP contribution in [0.3, 0.4) is 0 Å². The van der Waals surface area contributed by atoms with Crippen LogP contribution < -0.4 is 0 Å². The Labute approximate surface area is 127 Å². The zero-order chi connectivity index (χ0) is 14.6. The van der Waals surface area contributed by atoms with Gasteiger partial charge in [0.25, 0.3) is 5.91 Å². The summed E-state index contributed by atoms with van der Waals surface area (Å²) in [5.41, 5.74) is 0.705. The molecular formula is C16H25NO2S. The van der Waals surface area contributed by atoms with Crippen molar-refractivity contribution >= 4 is 23.1 Å². The van der Waals surface area contributed by atoms with E-state index >= 15 is 0 Å². The molecule has 2 fully saturated rings. The number of hydrogen-bond donors (Lipinski definition) is 0. The number of likely N-dealkylation sites (tertiary alicyclic amines) is 1. The molecule has 1 saturated carbocycles. The van der Waals surface area contributed by atoms with Gasteiger partial charge < -0.3 is 9.64 Å². The largest absolute Gasteiger partial charge is 0.373 e. The summed E-state index contributed by atoms with van der Waals surface area (Å²) in [6.45, 7) is 7.16. The van der Waals surface area contributed by atoms with Crippen LogP contribution in [0.4, 0.5) is 0 Å². The van der Waals surface area contributed by atoms with Crippen LogP contribution in [0.25, 0.3) is 0 Å². The van der Waals surface area contributed by atoms with Crippen LogP contribution >= 0.6 is 12.2 Å². The summed E-state index contributed by atoms with van der Waals surface area (Å²) in [5.74, 6) is -0.0148. The first-order valence-electron chi connectivity index (χ1n) is 7.74. The summed E-state index contributed by atoms with van der Waals surface area (Å²) in [6.07, 6.45) is 8.64. The maximum atomic E-state index is 12.1. The molecule has 0 unspecified atom stereocenters.